The number of nitro groups is 1. The van der Waals surface area contributed by atoms with Gasteiger partial charge in [0.1, 0.15) is 4.92 Å². The minimum absolute atomic E-state index is 0.287. The van der Waals surface area contributed by atoms with E-state index in [4.69, 9.17) is 4.42 Å². The maximum atomic E-state index is 10.4. The zero-order valence-electron chi connectivity index (χ0n) is 8.51. The van der Waals surface area contributed by atoms with Crippen molar-refractivity contribution in [3.63, 3.8) is 0 Å². The second-order valence-electron chi connectivity index (χ2n) is 3.15. The first kappa shape index (κ1) is 11.7. The summed E-state index contributed by atoms with van der Waals surface area (Å²) in [5.41, 5.74) is 0.837. The van der Waals surface area contributed by atoms with Gasteiger partial charge in [-0.3, -0.25) is 10.1 Å². The van der Waals surface area contributed by atoms with E-state index in [9.17, 15) is 10.1 Å². The molecule has 0 saturated heterocycles. The summed E-state index contributed by atoms with van der Waals surface area (Å²) in [7, 11) is 0. The Balaban J connectivity index is 2.20. The molecule has 2 aromatic rings. The van der Waals surface area contributed by atoms with Gasteiger partial charge < -0.3 is 4.42 Å². The molecule has 4 nitrogen and oxygen atoms in total. The Hall–Kier alpha value is -1.81. The van der Waals surface area contributed by atoms with Gasteiger partial charge in [-0.05, 0) is 52.8 Å². The van der Waals surface area contributed by atoms with Crippen LogP contribution in [0.4, 0.5) is 5.88 Å². The Bertz CT molecular complexity index is 605. The van der Waals surface area contributed by atoms with Crippen LogP contribution in [0, 0.1) is 25.5 Å². The van der Waals surface area contributed by atoms with Crippen molar-refractivity contribution >= 4 is 28.5 Å². The Labute approximate surface area is 111 Å². The van der Waals surface area contributed by atoms with Crippen molar-refractivity contribution < 1.29 is 9.34 Å². The van der Waals surface area contributed by atoms with Crippen LogP contribution in [0.1, 0.15) is 11.3 Å². The molecule has 0 aliphatic heterocycles. The van der Waals surface area contributed by atoms with Crippen LogP contribution in [0.5, 0.6) is 0 Å². The zero-order valence-corrected chi connectivity index (χ0v) is 10.7. The fraction of sp³-hybridized carbons (Fsp3) is 0. The molecule has 17 heavy (non-hydrogen) atoms. The Morgan fingerprint density at radius 2 is 1.82 bits per heavy atom. The minimum atomic E-state index is -0.587. The molecule has 0 fully saturated rings. The van der Waals surface area contributed by atoms with Gasteiger partial charge in [0.15, 0.2) is 5.76 Å². The largest absolute Gasteiger partial charge is 0.434 e. The normalized spacial score (nSPS) is 9.47. The Morgan fingerprint density at radius 3 is 2.41 bits per heavy atom. The van der Waals surface area contributed by atoms with E-state index >= 15 is 0 Å². The summed E-state index contributed by atoms with van der Waals surface area (Å²) < 4.78 is 6.04. The predicted molar refractivity (Wildman–Crippen MR) is 70.5 cm³/mol. The van der Waals surface area contributed by atoms with E-state index in [1.807, 2.05) is 24.3 Å². The number of furan rings is 1. The summed E-state index contributed by atoms with van der Waals surface area (Å²) in [4.78, 5) is 9.80. The van der Waals surface area contributed by atoms with Crippen molar-refractivity contribution in [2.24, 2.45) is 0 Å². The van der Waals surface area contributed by atoms with E-state index in [0.29, 0.717) is 0 Å². The summed E-state index contributed by atoms with van der Waals surface area (Å²) in [5.74, 6) is 5.60. The van der Waals surface area contributed by atoms with Gasteiger partial charge in [-0.15, -0.1) is 0 Å². The average molecular weight is 339 g/mol. The second-order valence-corrected chi connectivity index (χ2v) is 4.40. The highest BCUT2D eigenvalue weighted by molar-refractivity contribution is 14.1. The number of hydrogen-bond acceptors (Lipinski definition) is 3. The van der Waals surface area contributed by atoms with Crippen molar-refractivity contribution in [3.05, 3.63) is 61.4 Å². The van der Waals surface area contributed by atoms with Crippen molar-refractivity contribution in [3.8, 4) is 11.8 Å². The fourth-order valence-corrected chi connectivity index (χ4v) is 1.52. The molecule has 0 aliphatic carbocycles. The maximum Gasteiger partial charge on any atom is 0.434 e. The van der Waals surface area contributed by atoms with Gasteiger partial charge in [0, 0.05) is 15.2 Å². The summed E-state index contributed by atoms with van der Waals surface area (Å²) in [6.07, 6.45) is 0. The molecule has 1 aromatic carbocycles. The number of benzene rings is 1. The standard InChI is InChI=1S/C12H6INO3/c13-10-4-1-9(2-5-10)3-6-11-7-8-12(17-11)14(15)16/h1-2,4-5,7-8H. The van der Waals surface area contributed by atoms with Crippen LogP contribution in [-0.4, -0.2) is 4.92 Å². The van der Waals surface area contributed by atoms with Crippen LogP contribution in [-0.2, 0) is 0 Å². The van der Waals surface area contributed by atoms with Crippen LogP contribution in [0.25, 0.3) is 0 Å². The molecule has 0 N–H and O–H groups in total. The quantitative estimate of drug-likeness (QED) is 0.347. The summed E-state index contributed by atoms with van der Waals surface area (Å²) in [6.45, 7) is 0. The van der Waals surface area contributed by atoms with Gasteiger partial charge in [-0.25, -0.2) is 0 Å². The topological polar surface area (TPSA) is 56.3 Å². The van der Waals surface area contributed by atoms with Crippen LogP contribution < -0.4 is 0 Å². The van der Waals surface area contributed by atoms with E-state index in [0.717, 1.165) is 9.13 Å². The fourth-order valence-electron chi connectivity index (χ4n) is 1.16. The SMILES string of the molecule is O=[N+]([O-])c1ccc(C#Cc2ccc(I)cc2)o1. The lowest BCUT2D eigenvalue weighted by molar-refractivity contribution is -0.402. The van der Waals surface area contributed by atoms with Crippen molar-refractivity contribution in [1.82, 2.24) is 0 Å². The maximum absolute atomic E-state index is 10.4. The van der Waals surface area contributed by atoms with Gasteiger partial charge in [0.25, 0.3) is 0 Å². The van der Waals surface area contributed by atoms with Crippen molar-refractivity contribution in [2.75, 3.05) is 0 Å². The molecule has 0 spiro atoms. The van der Waals surface area contributed by atoms with Gasteiger partial charge in [0.05, 0.1) is 6.07 Å². The van der Waals surface area contributed by atoms with E-state index < -0.39 is 4.92 Å². The second kappa shape index (κ2) is 5.01. The molecule has 0 saturated carbocycles. The van der Waals surface area contributed by atoms with Gasteiger partial charge >= 0.3 is 5.88 Å². The molecule has 84 valence electrons. The molecule has 1 aromatic heterocycles. The first-order valence-electron chi connectivity index (χ1n) is 4.67. The monoisotopic (exact) mass is 339 g/mol. The first-order chi connectivity index (χ1) is 8.15. The third-order valence-corrected chi connectivity index (χ3v) is 2.67. The van der Waals surface area contributed by atoms with Crippen LogP contribution in [0.2, 0.25) is 0 Å². The highest BCUT2D eigenvalue weighted by Crippen LogP contribution is 2.14. The number of rotatable bonds is 1. The average Bonchev–Trinajstić information content (AvgIpc) is 2.77. The lowest BCUT2D eigenvalue weighted by Gasteiger charge is -1.89. The highest BCUT2D eigenvalue weighted by atomic mass is 127. The molecule has 1 heterocycles. The number of hydrogen-bond donors (Lipinski definition) is 0. The zero-order chi connectivity index (χ0) is 12.3. The van der Waals surface area contributed by atoms with E-state index in [-0.39, 0.29) is 11.6 Å². The highest BCUT2D eigenvalue weighted by Gasteiger charge is 2.09. The third kappa shape index (κ3) is 3.07. The van der Waals surface area contributed by atoms with Gasteiger partial charge in [-0.2, -0.15) is 0 Å². The molecule has 5 heteroatoms. The van der Waals surface area contributed by atoms with Crippen LogP contribution in [0.15, 0.2) is 40.8 Å². The van der Waals surface area contributed by atoms with Gasteiger partial charge in [0.2, 0.25) is 0 Å². The Morgan fingerprint density at radius 1 is 1.12 bits per heavy atom. The number of nitrogens with zero attached hydrogens (tertiary/aromatic N) is 1. The minimum Gasteiger partial charge on any atom is -0.392 e. The summed E-state index contributed by atoms with van der Waals surface area (Å²) in [6, 6.07) is 10.4. The van der Waals surface area contributed by atoms with Crippen LogP contribution >= 0.6 is 22.6 Å². The molecule has 0 radical (unpaired) electrons. The molecular formula is C12H6INO3. The van der Waals surface area contributed by atoms with Crippen molar-refractivity contribution in [1.29, 1.82) is 0 Å². The molecule has 0 amide bonds. The lowest BCUT2D eigenvalue weighted by Crippen LogP contribution is -1.82. The van der Waals surface area contributed by atoms with E-state index in [1.54, 1.807) is 0 Å². The van der Waals surface area contributed by atoms with Gasteiger partial charge in [-0.1, -0.05) is 5.92 Å². The van der Waals surface area contributed by atoms with Crippen LogP contribution in [0.3, 0.4) is 0 Å². The molecule has 0 aliphatic rings. The Kier molecular flexibility index (Phi) is 3.44. The van der Waals surface area contributed by atoms with Crippen molar-refractivity contribution in [2.45, 2.75) is 0 Å². The lowest BCUT2D eigenvalue weighted by atomic mass is 10.2. The molecule has 0 atom stereocenters. The smallest absolute Gasteiger partial charge is 0.392 e. The number of halogens is 1. The van der Waals surface area contributed by atoms with E-state index in [2.05, 4.69) is 34.4 Å². The predicted octanol–water partition coefficient (Wildman–Crippen LogP) is 3.19. The van der Waals surface area contributed by atoms with E-state index in [1.165, 1.54) is 12.1 Å². The molecule has 2 rings (SSSR count). The summed E-state index contributed by atoms with van der Waals surface area (Å²) in [5, 5.41) is 10.4. The summed E-state index contributed by atoms with van der Waals surface area (Å²) >= 11 is 2.21. The molecule has 0 unspecified atom stereocenters. The molecular weight excluding hydrogens is 333 g/mol. The first-order valence-corrected chi connectivity index (χ1v) is 5.75. The third-order valence-electron chi connectivity index (χ3n) is 1.95. The molecule has 0 bridgehead atoms.